The molecule has 0 saturated carbocycles. The zero-order valence-corrected chi connectivity index (χ0v) is 12.7. The number of halogens is 2. The highest BCUT2D eigenvalue weighted by molar-refractivity contribution is 6.32. The molecular weight excluding hydrogens is 307 g/mol. The molecule has 116 valence electrons. The van der Waals surface area contributed by atoms with Crippen LogP contribution in [0.5, 0.6) is 0 Å². The molecule has 0 radical (unpaired) electrons. The Hall–Kier alpha value is -1.98. The first-order valence-electron chi connectivity index (χ1n) is 6.82. The highest BCUT2D eigenvalue weighted by atomic mass is 35.5. The first kappa shape index (κ1) is 16.4. The fraction of sp³-hybridized carbons (Fsp3) is 0.250. The van der Waals surface area contributed by atoms with Crippen molar-refractivity contribution in [3.8, 4) is 0 Å². The molecule has 0 spiro atoms. The van der Waals surface area contributed by atoms with Crippen LogP contribution in [-0.4, -0.2) is 22.0 Å². The number of pyridine rings is 1. The van der Waals surface area contributed by atoms with Crippen LogP contribution in [0.15, 0.2) is 42.6 Å². The zero-order valence-electron chi connectivity index (χ0n) is 12.0. The van der Waals surface area contributed by atoms with E-state index in [2.05, 4.69) is 10.3 Å². The van der Waals surface area contributed by atoms with E-state index in [0.29, 0.717) is 12.0 Å². The molecule has 2 atom stereocenters. The van der Waals surface area contributed by atoms with E-state index < -0.39 is 6.10 Å². The van der Waals surface area contributed by atoms with Gasteiger partial charge in [-0.25, -0.2) is 9.37 Å². The van der Waals surface area contributed by atoms with Gasteiger partial charge in [0.05, 0.1) is 11.7 Å². The number of carbonyl (C=O) groups excluding carboxylic acids is 1. The summed E-state index contributed by atoms with van der Waals surface area (Å²) in [6.07, 6.45) is 1.01. The van der Waals surface area contributed by atoms with Crippen molar-refractivity contribution in [3.63, 3.8) is 0 Å². The lowest BCUT2D eigenvalue weighted by Crippen LogP contribution is -2.34. The molecule has 2 N–H and O–H groups in total. The highest BCUT2D eigenvalue weighted by Gasteiger charge is 2.17. The fourth-order valence-corrected chi connectivity index (χ4v) is 2.28. The summed E-state index contributed by atoms with van der Waals surface area (Å²) in [5.41, 5.74) is 0.884. The molecule has 2 rings (SSSR count). The van der Waals surface area contributed by atoms with E-state index in [1.807, 2.05) is 0 Å². The SMILES string of the molecule is CC(CC(O)c1ccc(F)cc1)NC(=O)c1cccnc1Cl. The fourth-order valence-electron chi connectivity index (χ4n) is 2.07. The highest BCUT2D eigenvalue weighted by Crippen LogP contribution is 2.19. The van der Waals surface area contributed by atoms with Gasteiger partial charge in [0.25, 0.3) is 5.91 Å². The molecule has 0 aliphatic rings. The molecule has 6 heteroatoms. The molecule has 2 aromatic rings. The van der Waals surface area contributed by atoms with E-state index in [1.165, 1.54) is 30.5 Å². The number of hydrogen-bond acceptors (Lipinski definition) is 3. The van der Waals surface area contributed by atoms with Crippen molar-refractivity contribution in [1.82, 2.24) is 10.3 Å². The van der Waals surface area contributed by atoms with Crippen LogP contribution in [0.4, 0.5) is 4.39 Å². The van der Waals surface area contributed by atoms with Crippen molar-refractivity contribution in [2.75, 3.05) is 0 Å². The van der Waals surface area contributed by atoms with Crippen molar-refractivity contribution in [2.45, 2.75) is 25.5 Å². The maximum atomic E-state index is 12.9. The van der Waals surface area contributed by atoms with Gasteiger partial charge in [-0.3, -0.25) is 4.79 Å². The molecule has 1 aromatic carbocycles. The molecule has 0 aliphatic heterocycles. The summed E-state index contributed by atoms with van der Waals surface area (Å²) in [5.74, 6) is -0.708. The minimum absolute atomic E-state index is 0.131. The maximum absolute atomic E-state index is 12.9. The monoisotopic (exact) mass is 322 g/mol. The van der Waals surface area contributed by atoms with Gasteiger partial charge in [0.2, 0.25) is 0 Å². The summed E-state index contributed by atoms with van der Waals surface area (Å²) < 4.78 is 12.9. The van der Waals surface area contributed by atoms with Crippen molar-refractivity contribution < 1.29 is 14.3 Å². The van der Waals surface area contributed by atoms with E-state index in [0.717, 1.165) is 0 Å². The van der Waals surface area contributed by atoms with Gasteiger partial charge in [0.15, 0.2) is 0 Å². The minimum Gasteiger partial charge on any atom is -0.388 e. The quantitative estimate of drug-likeness (QED) is 0.831. The van der Waals surface area contributed by atoms with Gasteiger partial charge >= 0.3 is 0 Å². The normalized spacial score (nSPS) is 13.5. The van der Waals surface area contributed by atoms with Crippen molar-refractivity contribution in [3.05, 3.63) is 64.7 Å². The van der Waals surface area contributed by atoms with E-state index in [4.69, 9.17) is 11.6 Å². The lowest BCUT2D eigenvalue weighted by molar-refractivity contribution is 0.0917. The molecule has 1 amide bonds. The maximum Gasteiger partial charge on any atom is 0.254 e. The summed E-state index contributed by atoms with van der Waals surface area (Å²) in [6, 6.07) is 8.53. The lowest BCUT2D eigenvalue weighted by Gasteiger charge is -2.18. The molecule has 4 nitrogen and oxygen atoms in total. The second-order valence-corrected chi connectivity index (χ2v) is 5.38. The first-order chi connectivity index (χ1) is 10.5. The van der Waals surface area contributed by atoms with E-state index in [9.17, 15) is 14.3 Å². The first-order valence-corrected chi connectivity index (χ1v) is 7.20. The van der Waals surface area contributed by atoms with Gasteiger partial charge in [0, 0.05) is 12.2 Å². The number of benzene rings is 1. The Balaban J connectivity index is 1.95. The molecule has 1 aromatic heterocycles. The van der Waals surface area contributed by atoms with E-state index in [-0.39, 0.29) is 28.5 Å². The summed E-state index contributed by atoms with van der Waals surface area (Å²) >= 11 is 5.86. The molecule has 22 heavy (non-hydrogen) atoms. The number of nitrogens with zero attached hydrogens (tertiary/aromatic N) is 1. The summed E-state index contributed by atoms with van der Waals surface area (Å²) in [6.45, 7) is 1.77. The molecule has 0 saturated heterocycles. The van der Waals surface area contributed by atoms with Crippen LogP contribution in [0.1, 0.15) is 35.4 Å². The average molecular weight is 323 g/mol. The molecule has 1 heterocycles. The predicted octanol–water partition coefficient (Wildman–Crippen LogP) is 3.12. The van der Waals surface area contributed by atoms with Crippen LogP contribution in [0, 0.1) is 5.82 Å². The number of amides is 1. The molecule has 0 bridgehead atoms. The molecule has 0 fully saturated rings. The molecule has 0 aliphatic carbocycles. The van der Waals surface area contributed by atoms with Crippen LogP contribution in [-0.2, 0) is 0 Å². The van der Waals surface area contributed by atoms with Gasteiger partial charge in [0.1, 0.15) is 11.0 Å². The third kappa shape index (κ3) is 4.26. The Labute approximate surface area is 133 Å². The van der Waals surface area contributed by atoms with Crippen molar-refractivity contribution in [2.24, 2.45) is 0 Å². The Morgan fingerprint density at radius 1 is 1.36 bits per heavy atom. The summed E-state index contributed by atoms with van der Waals surface area (Å²) in [7, 11) is 0. The van der Waals surface area contributed by atoms with Gasteiger partial charge in [-0.15, -0.1) is 0 Å². The van der Waals surface area contributed by atoms with E-state index in [1.54, 1.807) is 19.1 Å². The third-order valence-corrected chi connectivity index (χ3v) is 3.51. The van der Waals surface area contributed by atoms with E-state index >= 15 is 0 Å². The van der Waals surface area contributed by atoms with Crippen LogP contribution >= 0.6 is 11.6 Å². The number of rotatable bonds is 5. The van der Waals surface area contributed by atoms with Gasteiger partial charge in [-0.05, 0) is 43.2 Å². The van der Waals surface area contributed by atoms with Gasteiger partial charge in [-0.1, -0.05) is 23.7 Å². The Morgan fingerprint density at radius 2 is 2.05 bits per heavy atom. The number of aliphatic hydroxyl groups excluding tert-OH is 1. The van der Waals surface area contributed by atoms with Crippen molar-refractivity contribution >= 4 is 17.5 Å². The summed E-state index contributed by atoms with van der Waals surface area (Å²) in [4.78, 5) is 15.9. The molecular formula is C16H16ClFN2O2. The Bertz CT molecular complexity index is 649. The topological polar surface area (TPSA) is 62.2 Å². The van der Waals surface area contributed by atoms with Crippen molar-refractivity contribution in [1.29, 1.82) is 0 Å². The largest absolute Gasteiger partial charge is 0.388 e. The van der Waals surface area contributed by atoms with Crippen LogP contribution in [0.3, 0.4) is 0 Å². The van der Waals surface area contributed by atoms with Crippen LogP contribution in [0.2, 0.25) is 5.15 Å². The predicted molar refractivity (Wildman–Crippen MR) is 82.2 cm³/mol. The Morgan fingerprint density at radius 3 is 2.68 bits per heavy atom. The Kier molecular flexibility index (Phi) is 5.46. The number of hydrogen-bond donors (Lipinski definition) is 2. The number of carbonyl (C=O) groups is 1. The number of nitrogens with one attached hydrogen (secondary N) is 1. The van der Waals surface area contributed by atoms with Crippen LogP contribution < -0.4 is 5.32 Å². The molecule has 2 unspecified atom stereocenters. The second kappa shape index (κ2) is 7.33. The van der Waals surface area contributed by atoms with Crippen LogP contribution in [0.25, 0.3) is 0 Å². The lowest BCUT2D eigenvalue weighted by atomic mass is 10.0. The summed E-state index contributed by atoms with van der Waals surface area (Å²) in [5, 5.41) is 13.0. The second-order valence-electron chi connectivity index (χ2n) is 5.02. The zero-order chi connectivity index (χ0) is 16.1. The van der Waals surface area contributed by atoms with Gasteiger partial charge < -0.3 is 10.4 Å². The third-order valence-electron chi connectivity index (χ3n) is 3.21. The smallest absolute Gasteiger partial charge is 0.254 e. The number of aromatic nitrogens is 1. The minimum atomic E-state index is -0.791. The standard InChI is InChI=1S/C16H16ClFN2O2/c1-10(9-14(21)11-4-6-12(18)7-5-11)20-16(22)13-3-2-8-19-15(13)17/h2-8,10,14,21H,9H2,1H3,(H,20,22). The average Bonchev–Trinajstić information content (AvgIpc) is 2.48. The van der Waals surface area contributed by atoms with Gasteiger partial charge in [-0.2, -0.15) is 0 Å². The number of aliphatic hydroxyl groups is 1.